The molecule has 0 atom stereocenters. The van der Waals surface area contributed by atoms with Crippen LogP contribution in [0.3, 0.4) is 0 Å². The summed E-state index contributed by atoms with van der Waals surface area (Å²) >= 11 is 0. The molecule has 0 spiro atoms. The van der Waals surface area contributed by atoms with E-state index in [1.165, 1.54) is 0 Å². The first kappa shape index (κ1) is 12.7. The summed E-state index contributed by atoms with van der Waals surface area (Å²) in [5, 5.41) is 9.28. The van der Waals surface area contributed by atoms with E-state index in [0.29, 0.717) is 19.3 Å². The summed E-state index contributed by atoms with van der Waals surface area (Å²) in [5.74, 6) is -0.687. The largest absolute Gasteiger partial charge is 0.481 e. The monoisotopic (exact) mass is 221 g/mol. The second kappa shape index (κ2) is 5.64. The lowest BCUT2D eigenvalue weighted by Crippen LogP contribution is -2.30. The molecule has 0 saturated heterocycles. The number of aryl methyl sites for hydroxylation is 1. The maximum atomic E-state index is 11.3. The highest BCUT2D eigenvalue weighted by atomic mass is 16.4. The first-order valence-corrected chi connectivity index (χ1v) is 5.78. The van der Waals surface area contributed by atoms with Crippen molar-refractivity contribution in [1.29, 1.82) is 0 Å². The smallest absolute Gasteiger partial charge is 0.309 e. The Morgan fingerprint density at radius 3 is 2.50 bits per heavy atom. The van der Waals surface area contributed by atoms with Crippen LogP contribution in [0.1, 0.15) is 38.8 Å². The zero-order chi connectivity index (χ0) is 12.0. The molecule has 1 aromatic rings. The zero-order valence-electron chi connectivity index (χ0n) is 9.94. The van der Waals surface area contributed by atoms with Crippen LogP contribution in [0.4, 0.5) is 0 Å². The zero-order valence-corrected chi connectivity index (χ0v) is 9.94. The molecule has 0 aromatic carbocycles. The molecule has 1 aromatic heterocycles. The van der Waals surface area contributed by atoms with Crippen LogP contribution in [-0.2, 0) is 11.2 Å². The maximum Gasteiger partial charge on any atom is 0.309 e. The molecular weight excluding hydrogens is 202 g/mol. The lowest BCUT2D eigenvalue weighted by Gasteiger charge is -2.26. The van der Waals surface area contributed by atoms with E-state index in [1.807, 2.05) is 32.0 Å². The molecule has 1 N–H and O–H groups in total. The van der Waals surface area contributed by atoms with E-state index >= 15 is 0 Å². The number of nitrogens with zero attached hydrogens (tertiary/aromatic N) is 1. The molecule has 3 heteroatoms. The van der Waals surface area contributed by atoms with Gasteiger partial charge in [-0.05, 0) is 37.8 Å². The highest BCUT2D eigenvalue weighted by molar-refractivity contribution is 5.74. The van der Waals surface area contributed by atoms with E-state index in [9.17, 15) is 9.90 Å². The Balaban J connectivity index is 2.67. The number of aliphatic carboxylic acids is 1. The van der Waals surface area contributed by atoms with Gasteiger partial charge in [0.2, 0.25) is 0 Å². The SMILES string of the molecule is CCC(CC)(CCc1ccccn1)C(=O)O. The average Bonchev–Trinajstić information content (AvgIpc) is 2.32. The first-order valence-electron chi connectivity index (χ1n) is 5.78. The number of carboxylic acids is 1. The first-order chi connectivity index (χ1) is 7.64. The summed E-state index contributed by atoms with van der Waals surface area (Å²) < 4.78 is 0. The van der Waals surface area contributed by atoms with Crippen LogP contribution < -0.4 is 0 Å². The number of hydrogen-bond acceptors (Lipinski definition) is 2. The number of hydrogen-bond donors (Lipinski definition) is 1. The number of carbonyl (C=O) groups is 1. The summed E-state index contributed by atoms with van der Waals surface area (Å²) in [5.41, 5.74) is 0.382. The van der Waals surface area contributed by atoms with Crippen LogP contribution in [0, 0.1) is 5.41 Å². The Morgan fingerprint density at radius 1 is 1.38 bits per heavy atom. The Labute approximate surface area is 96.5 Å². The fraction of sp³-hybridized carbons (Fsp3) is 0.538. The molecule has 3 nitrogen and oxygen atoms in total. The third kappa shape index (κ3) is 2.81. The van der Waals surface area contributed by atoms with Gasteiger partial charge < -0.3 is 5.11 Å². The van der Waals surface area contributed by atoms with Crippen molar-refractivity contribution in [1.82, 2.24) is 4.98 Å². The van der Waals surface area contributed by atoms with Crippen molar-refractivity contribution in [2.45, 2.75) is 39.5 Å². The summed E-state index contributed by atoms with van der Waals surface area (Å²) in [4.78, 5) is 15.5. The van der Waals surface area contributed by atoms with Crippen molar-refractivity contribution in [2.24, 2.45) is 5.41 Å². The second-order valence-corrected chi connectivity index (χ2v) is 4.11. The Hall–Kier alpha value is -1.38. The van der Waals surface area contributed by atoms with Crippen LogP contribution in [-0.4, -0.2) is 16.1 Å². The molecule has 0 bridgehead atoms. The maximum absolute atomic E-state index is 11.3. The number of carboxylic acid groups (broad SMARTS) is 1. The molecule has 0 radical (unpaired) electrons. The normalized spacial score (nSPS) is 11.4. The minimum Gasteiger partial charge on any atom is -0.481 e. The van der Waals surface area contributed by atoms with E-state index in [0.717, 1.165) is 12.1 Å². The predicted octanol–water partition coefficient (Wildman–Crippen LogP) is 2.91. The summed E-state index contributed by atoms with van der Waals surface area (Å²) in [6.07, 6.45) is 4.48. The van der Waals surface area contributed by atoms with Gasteiger partial charge in [0.1, 0.15) is 0 Å². The van der Waals surface area contributed by atoms with Crippen LogP contribution in [0.15, 0.2) is 24.4 Å². The van der Waals surface area contributed by atoms with E-state index in [-0.39, 0.29) is 0 Å². The summed E-state index contributed by atoms with van der Waals surface area (Å²) in [6.45, 7) is 3.88. The lowest BCUT2D eigenvalue weighted by atomic mass is 9.78. The van der Waals surface area contributed by atoms with Gasteiger partial charge in [-0.2, -0.15) is 0 Å². The minimum atomic E-state index is -0.687. The molecule has 0 fully saturated rings. The summed E-state index contributed by atoms with van der Waals surface area (Å²) in [6, 6.07) is 5.74. The number of pyridine rings is 1. The molecule has 1 rings (SSSR count). The van der Waals surface area contributed by atoms with Gasteiger partial charge in [-0.1, -0.05) is 19.9 Å². The Bertz CT molecular complexity index is 331. The van der Waals surface area contributed by atoms with Gasteiger partial charge >= 0.3 is 5.97 Å². The van der Waals surface area contributed by atoms with E-state index in [2.05, 4.69) is 4.98 Å². The average molecular weight is 221 g/mol. The topological polar surface area (TPSA) is 50.2 Å². The van der Waals surface area contributed by atoms with Crippen molar-refractivity contribution < 1.29 is 9.90 Å². The third-order valence-electron chi connectivity index (χ3n) is 3.39. The van der Waals surface area contributed by atoms with Crippen molar-refractivity contribution in [3.63, 3.8) is 0 Å². The molecule has 0 aliphatic carbocycles. The van der Waals surface area contributed by atoms with Crippen LogP contribution in [0.2, 0.25) is 0 Å². The van der Waals surface area contributed by atoms with E-state index < -0.39 is 11.4 Å². The van der Waals surface area contributed by atoms with Gasteiger partial charge in [0.25, 0.3) is 0 Å². The highest BCUT2D eigenvalue weighted by Crippen LogP contribution is 2.32. The van der Waals surface area contributed by atoms with Crippen molar-refractivity contribution >= 4 is 5.97 Å². The molecule has 0 amide bonds. The van der Waals surface area contributed by atoms with Crippen molar-refractivity contribution in [3.8, 4) is 0 Å². The van der Waals surface area contributed by atoms with Gasteiger partial charge in [-0.3, -0.25) is 9.78 Å². The molecule has 0 aliphatic rings. The standard InChI is InChI=1S/C13H19NO2/c1-3-13(4-2,12(15)16)9-8-11-7-5-6-10-14-11/h5-7,10H,3-4,8-9H2,1-2H3,(H,15,16). The van der Waals surface area contributed by atoms with Gasteiger partial charge in [-0.25, -0.2) is 0 Å². The molecule has 0 aliphatic heterocycles. The second-order valence-electron chi connectivity index (χ2n) is 4.11. The fourth-order valence-electron chi connectivity index (χ4n) is 1.93. The van der Waals surface area contributed by atoms with Crippen molar-refractivity contribution in [2.75, 3.05) is 0 Å². The molecule has 0 saturated carbocycles. The molecular formula is C13H19NO2. The highest BCUT2D eigenvalue weighted by Gasteiger charge is 2.34. The molecule has 0 unspecified atom stereocenters. The molecule has 1 heterocycles. The third-order valence-corrected chi connectivity index (χ3v) is 3.39. The molecule has 16 heavy (non-hydrogen) atoms. The lowest BCUT2D eigenvalue weighted by molar-refractivity contribution is -0.149. The van der Waals surface area contributed by atoms with Gasteiger partial charge in [0.05, 0.1) is 5.41 Å². The van der Waals surface area contributed by atoms with Crippen LogP contribution in [0.25, 0.3) is 0 Å². The Kier molecular flexibility index (Phi) is 4.47. The van der Waals surface area contributed by atoms with Gasteiger partial charge in [0.15, 0.2) is 0 Å². The van der Waals surface area contributed by atoms with E-state index in [4.69, 9.17) is 0 Å². The summed E-state index contributed by atoms with van der Waals surface area (Å²) in [7, 11) is 0. The van der Waals surface area contributed by atoms with E-state index in [1.54, 1.807) is 6.20 Å². The minimum absolute atomic E-state index is 0.586. The molecule has 88 valence electrons. The number of aromatic nitrogens is 1. The quantitative estimate of drug-likeness (QED) is 0.803. The van der Waals surface area contributed by atoms with Crippen LogP contribution in [0.5, 0.6) is 0 Å². The van der Waals surface area contributed by atoms with Crippen LogP contribution >= 0.6 is 0 Å². The Morgan fingerprint density at radius 2 is 2.06 bits per heavy atom. The number of rotatable bonds is 6. The van der Waals surface area contributed by atoms with Crippen molar-refractivity contribution in [3.05, 3.63) is 30.1 Å². The van der Waals surface area contributed by atoms with Gasteiger partial charge in [-0.15, -0.1) is 0 Å². The predicted molar refractivity (Wildman–Crippen MR) is 63.2 cm³/mol. The fourth-order valence-corrected chi connectivity index (χ4v) is 1.93. The van der Waals surface area contributed by atoms with Gasteiger partial charge in [0, 0.05) is 11.9 Å².